The standard InChI is InChI=1S/C10H12FN5O3/c11-10-14-8(12)5-9(15-10)16(2-13-5)3-1-4(17)7(19)6(3)18/h2-4,6-7,17-19H,1H2,(H2,12,14,15)/t3-,4-,6+,7-/m1/s1. The summed E-state index contributed by atoms with van der Waals surface area (Å²) in [6.45, 7) is 0. The average Bonchev–Trinajstić information content (AvgIpc) is 2.86. The molecular weight excluding hydrogens is 257 g/mol. The number of rotatable bonds is 1. The largest absolute Gasteiger partial charge is 0.390 e. The molecule has 3 rings (SSSR count). The summed E-state index contributed by atoms with van der Waals surface area (Å²) in [7, 11) is 0. The maximum absolute atomic E-state index is 13.2. The molecule has 9 heteroatoms. The number of nitrogens with zero attached hydrogens (tertiary/aromatic N) is 4. The van der Waals surface area contributed by atoms with Gasteiger partial charge in [0.25, 0.3) is 0 Å². The van der Waals surface area contributed by atoms with Crippen molar-refractivity contribution in [1.29, 1.82) is 0 Å². The topological polar surface area (TPSA) is 130 Å². The quantitative estimate of drug-likeness (QED) is 0.467. The van der Waals surface area contributed by atoms with Gasteiger partial charge in [-0.25, -0.2) is 4.98 Å². The Labute approximate surface area is 106 Å². The summed E-state index contributed by atoms with van der Waals surface area (Å²) in [5, 5.41) is 29.0. The fourth-order valence-electron chi connectivity index (χ4n) is 2.41. The zero-order valence-electron chi connectivity index (χ0n) is 9.68. The van der Waals surface area contributed by atoms with Crippen molar-refractivity contribution in [3.05, 3.63) is 12.4 Å². The normalized spacial score (nSPS) is 31.2. The summed E-state index contributed by atoms with van der Waals surface area (Å²) in [6.07, 6.45) is -3.06. The molecule has 5 N–H and O–H groups in total. The third-order valence-electron chi connectivity index (χ3n) is 3.40. The molecular formula is C10H12FN5O3. The molecule has 0 bridgehead atoms. The minimum atomic E-state index is -1.26. The van der Waals surface area contributed by atoms with Crippen LogP contribution in [0.2, 0.25) is 0 Å². The molecule has 1 aliphatic carbocycles. The van der Waals surface area contributed by atoms with Gasteiger partial charge >= 0.3 is 6.08 Å². The number of anilines is 1. The van der Waals surface area contributed by atoms with Crippen LogP contribution in [-0.4, -0.2) is 53.2 Å². The Morgan fingerprint density at radius 3 is 2.63 bits per heavy atom. The van der Waals surface area contributed by atoms with Gasteiger partial charge in [-0.3, -0.25) is 0 Å². The van der Waals surface area contributed by atoms with Crippen molar-refractivity contribution in [2.75, 3.05) is 5.73 Å². The zero-order chi connectivity index (χ0) is 13.7. The van der Waals surface area contributed by atoms with E-state index in [9.17, 15) is 19.7 Å². The van der Waals surface area contributed by atoms with Gasteiger partial charge in [0.1, 0.15) is 17.7 Å². The molecule has 0 saturated heterocycles. The third kappa shape index (κ3) is 1.74. The highest BCUT2D eigenvalue weighted by Crippen LogP contribution is 2.33. The fraction of sp³-hybridized carbons (Fsp3) is 0.500. The van der Waals surface area contributed by atoms with Crippen LogP contribution in [0.15, 0.2) is 6.33 Å². The van der Waals surface area contributed by atoms with Crippen molar-refractivity contribution < 1.29 is 19.7 Å². The Balaban J connectivity index is 2.11. The fourth-order valence-corrected chi connectivity index (χ4v) is 2.41. The number of aliphatic hydroxyl groups is 3. The number of aliphatic hydroxyl groups excluding tert-OH is 3. The predicted molar refractivity (Wildman–Crippen MR) is 61.4 cm³/mol. The molecule has 0 aliphatic heterocycles. The van der Waals surface area contributed by atoms with Gasteiger partial charge in [0.2, 0.25) is 0 Å². The zero-order valence-corrected chi connectivity index (χ0v) is 9.68. The van der Waals surface area contributed by atoms with Crippen LogP contribution in [0.25, 0.3) is 11.2 Å². The molecule has 2 heterocycles. The number of hydrogen-bond acceptors (Lipinski definition) is 7. The van der Waals surface area contributed by atoms with Crippen molar-refractivity contribution in [3.63, 3.8) is 0 Å². The monoisotopic (exact) mass is 269 g/mol. The van der Waals surface area contributed by atoms with E-state index in [1.807, 2.05) is 0 Å². The number of nitrogens with two attached hydrogens (primary N) is 1. The average molecular weight is 269 g/mol. The highest BCUT2D eigenvalue weighted by Gasteiger charge is 2.42. The smallest absolute Gasteiger partial charge is 0.312 e. The van der Waals surface area contributed by atoms with E-state index in [4.69, 9.17) is 5.73 Å². The van der Waals surface area contributed by atoms with Crippen LogP contribution in [0.5, 0.6) is 0 Å². The Bertz CT molecular complexity index is 633. The highest BCUT2D eigenvalue weighted by molar-refractivity contribution is 5.81. The summed E-state index contributed by atoms with van der Waals surface area (Å²) >= 11 is 0. The summed E-state index contributed by atoms with van der Waals surface area (Å²) in [4.78, 5) is 10.9. The van der Waals surface area contributed by atoms with E-state index in [0.717, 1.165) is 0 Å². The maximum atomic E-state index is 13.2. The first-order chi connectivity index (χ1) is 8.99. The first-order valence-corrected chi connectivity index (χ1v) is 5.68. The molecule has 102 valence electrons. The van der Waals surface area contributed by atoms with Gasteiger partial charge in [0.05, 0.1) is 18.5 Å². The summed E-state index contributed by atoms with van der Waals surface area (Å²) in [5.41, 5.74) is 5.86. The van der Waals surface area contributed by atoms with Gasteiger partial charge in [0.15, 0.2) is 11.5 Å². The molecule has 8 nitrogen and oxygen atoms in total. The van der Waals surface area contributed by atoms with E-state index in [0.29, 0.717) is 0 Å². The predicted octanol–water partition coefficient (Wildman–Crippen LogP) is -1.42. The number of aromatic nitrogens is 4. The van der Waals surface area contributed by atoms with Crippen LogP contribution in [-0.2, 0) is 0 Å². The maximum Gasteiger partial charge on any atom is 0.312 e. The van der Waals surface area contributed by atoms with Gasteiger partial charge in [0, 0.05) is 0 Å². The lowest BCUT2D eigenvalue weighted by atomic mass is 10.2. The molecule has 0 unspecified atom stereocenters. The van der Waals surface area contributed by atoms with E-state index in [-0.39, 0.29) is 23.4 Å². The molecule has 2 aromatic heterocycles. The molecule has 19 heavy (non-hydrogen) atoms. The number of halogens is 1. The Hall–Kier alpha value is -1.84. The van der Waals surface area contributed by atoms with E-state index in [1.165, 1.54) is 10.9 Å². The van der Waals surface area contributed by atoms with Crippen molar-refractivity contribution in [2.45, 2.75) is 30.8 Å². The number of imidazole rings is 1. The van der Waals surface area contributed by atoms with Crippen LogP contribution >= 0.6 is 0 Å². The molecule has 1 aliphatic rings. The molecule has 0 spiro atoms. The lowest BCUT2D eigenvalue weighted by Gasteiger charge is -2.17. The van der Waals surface area contributed by atoms with Crippen LogP contribution in [0.4, 0.5) is 10.2 Å². The van der Waals surface area contributed by atoms with E-state index < -0.39 is 30.4 Å². The van der Waals surface area contributed by atoms with Crippen molar-refractivity contribution in [1.82, 2.24) is 19.5 Å². The van der Waals surface area contributed by atoms with E-state index in [2.05, 4.69) is 15.0 Å². The molecule has 0 aromatic carbocycles. The van der Waals surface area contributed by atoms with Gasteiger partial charge in [-0.1, -0.05) is 0 Å². The van der Waals surface area contributed by atoms with E-state index in [1.54, 1.807) is 0 Å². The van der Waals surface area contributed by atoms with Crippen LogP contribution in [0.3, 0.4) is 0 Å². The van der Waals surface area contributed by atoms with Crippen molar-refractivity contribution >= 4 is 17.0 Å². The van der Waals surface area contributed by atoms with Gasteiger partial charge in [-0.15, -0.1) is 0 Å². The lowest BCUT2D eigenvalue weighted by molar-refractivity contribution is -0.0244. The van der Waals surface area contributed by atoms with Gasteiger partial charge in [-0.05, 0) is 6.42 Å². The second-order valence-corrected chi connectivity index (χ2v) is 4.55. The summed E-state index contributed by atoms with van der Waals surface area (Å²) < 4.78 is 14.6. The van der Waals surface area contributed by atoms with E-state index >= 15 is 0 Å². The molecule has 1 saturated carbocycles. The molecule has 0 radical (unpaired) electrons. The van der Waals surface area contributed by atoms with Gasteiger partial charge in [-0.2, -0.15) is 14.4 Å². The molecule has 1 fully saturated rings. The minimum Gasteiger partial charge on any atom is -0.390 e. The molecule has 4 atom stereocenters. The van der Waals surface area contributed by atoms with Crippen molar-refractivity contribution in [2.24, 2.45) is 0 Å². The Kier molecular flexibility index (Phi) is 2.62. The first kappa shape index (κ1) is 12.2. The highest BCUT2D eigenvalue weighted by atomic mass is 19.1. The van der Waals surface area contributed by atoms with Crippen molar-refractivity contribution in [3.8, 4) is 0 Å². The third-order valence-corrected chi connectivity index (χ3v) is 3.40. The number of nitrogen functional groups attached to an aromatic ring is 1. The lowest BCUT2D eigenvalue weighted by Crippen LogP contribution is -2.31. The number of fused-ring (bicyclic) bond motifs is 1. The van der Waals surface area contributed by atoms with Crippen LogP contribution < -0.4 is 5.73 Å². The first-order valence-electron chi connectivity index (χ1n) is 5.68. The SMILES string of the molecule is Nc1nc(F)nc2c1ncn2[C@@H]1C[C@@H](O)[C@@H](O)[C@H]1O. The summed E-state index contributed by atoms with van der Waals surface area (Å²) in [5.74, 6) is -0.102. The Morgan fingerprint density at radius 2 is 2.00 bits per heavy atom. The van der Waals surface area contributed by atoms with Crippen LogP contribution in [0.1, 0.15) is 12.5 Å². The molecule has 0 amide bonds. The second kappa shape index (κ2) is 4.08. The second-order valence-electron chi connectivity index (χ2n) is 4.55. The molecule has 2 aromatic rings. The van der Waals surface area contributed by atoms with Crippen LogP contribution in [0, 0.1) is 6.08 Å². The van der Waals surface area contributed by atoms with Gasteiger partial charge < -0.3 is 25.6 Å². The minimum absolute atomic E-state index is 0.102. The Morgan fingerprint density at radius 1 is 1.26 bits per heavy atom. The number of hydrogen-bond donors (Lipinski definition) is 4. The summed E-state index contributed by atoms with van der Waals surface area (Å²) in [6, 6.07) is -0.649.